The summed E-state index contributed by atoms with van der Waals surface area (Å²) >= 11 is 0. The Balaban J connectivity index is 0.00000320. The number of aromatic nitrogens is 2. The molecule has 1 aromatic heterocycles. The Morgan fingerprint density at radius 3 is 2.73 bits per heavy atom. The zero-order chi connectivity index (χ0) is 20.8. The van der Waals surface area contributed by atoms with Crippen molar-refractivity contribution in [3.05, 3.63) is 42.2 Å². The van der Waals surface area contributed by atoms with Crippen LogP contribution in [0.1, 0.15) is 19.4 Å². The number of nitrogens with one attached hydrogen (secondary N) is 1. The van der Waals surface area contributed by atoms with Gasteiger partial charge in [-0.1, -0.05) is 18.2 Å². The highest BCUT2D eigenvalue weighted by molar-refractivity contribution is 14.0. The van der Waals surface area contributed by atoms with Crippen LogP contribution in [-0.4, -0.2) is 65.4 Å². The number of nitrogens with zero attached hydrogens (tertiary/aromatic N) is 5. The minimum atomic E-state index is -0.0721. The van der Waals surface area contributed by atoms with E-state index in [1.54, 1.807) is 15.8 Å². The van der Waals surface area contributed by atoms with E-state index in [1.807, 2.05) is 63.2 Å². The van der Waals surface area contributed by atoms with Crippen LogP contribution in [0.15, 0.2) is 41.7 Å². The van der Waals surface area contributed by atoms with Crippen molar-refractivity contribution in [1.82, 2.24) is 20.0 Å². The summed E-state index contributed by atoms with van der Waals surface area (Å²) in [4.78, 5) is 21.2. The second-order valence-electron chi connectivity index (χ2n) is 7.23. The van der Waals surface area contributed by atoms with Crippen LogP contribution in [0.25, 0.3) is 0 Å². The summed E-state index contributed by atoms with van der Waals surface area (Å²) in [5, 5.41) is 7.45. The zero-order valence-corrected chi connectivity index (χ0v) is 20.4. The summed E-state index contributed by atoms with van der Waals surface area (Å²) in [6, 6.07) is 7.96. The van der Waals surface area contributed by atoms with Gasteiger partial charge in [0, 0.05) is 32.9 Å². The Labute approximate surface area is 195 Å². The quantitative estimate of drug-likeness (QED) is 0.356. The van der Waals surface area contributed by atoms with Crippen molar-refractivity contribution in [2.45, 2.75) is 26.9 Å². The largest absolute Gasteiger partial charge is 0.489 e. The number of rotatable bonds is 6. The van der Waals surface area contributed by atoms with Gasteiger partial charge in [-0.05, 0) is 32.4 Å². The molecule has 1 atom stereocenters. The number of anilines is 1. The number of hydrogen-bond donors (Lipinski definition) is 1. The van der Waals surface area contributed by atoms with E-state index < -0.39 is 0 Å². The maximum absolute atomic E-state index is 12.7. The number of aryl methyl sites for hydroxylation is 2. The number of benzene rings is 1. The van der Waals surface area contributed by atoms with Crippen LogP contribution >= 0.6 is 24.0 Å². The fraction of sp³-hybridized carbons (Fsp3) is 0.476. The SMILES string of the molecule is CCNC(=NCC(C)Oc1ccccc1C)N1CCN(c2cnn(C)c2)C(=O)C1.I. The van der Waals surface area contributed by atoms with Crippen LogP contribution in [0.5, 0.6) is 5.75 Å². The maximum atomic E-state index is 12.7. The fourth-order valence-corrected chi connectivity index (χ4v) is 3.26. The highest BCUT2D eigenvalue weighted by Crippen LogP contribution is 2.18. The maximum Gasteiger partial charge on any atom is 0.246 e. The topological polar surface area (TPSA) is 75.0 Å². The van der Waals surface area contributed by atoms with E-state index in [0.29, 0.717) is 19.6 Å². The van der Waals surface area contributed by atoms with Gasteiger partial charge in [-0.3, -0.25) is 9.48 Å². The number of carbonyl (C=O) groups excluding carboxylic acids is 1. The molecule has 0 aliphatic carbocycles. The molecule has 1 N–H and O–H groups in total. The molecule has 9 heteroatoms. The lowest BCUT2D eigenvalue weighted by molar-refractivity contribution is -0.120. The molecular formula is C21H31IN6O2. The normalized spacial score (nSPS) is 15.6. The van der Waals surface area contributed by atoms with Crippen molar-refractivity contribution in [3.63, 3.8) is 0 Å². The first kappa shape index (κ1) is 24.0. The average molecular weight is 526 g/mol. The molecule has 0 bridgehead atoms. The number of guanidine groups is 1. The van der Waals surface area contributed by atoms with Gasteiger partial charge in [0.2, 0.25) is 5.91 Å². The smallest absolute Gasteiger partial charge is 0.246 e. The summed E-state index contributed by atoms with van der Waals surface area (Å²) in [7, 11) is 1.85. The third-order valence-corrected chi connectivity index (χ3v) is 4.78. The number of ether oxygens (including phenoxy) is 1. The Hall–Kier alpha value is -2.30. The molecule has 30 heavy (non-hydrogen) atoms. The lowest BCUT2D eigenvalue weighted by Gasteiger charge is -2.35. The molecule has 2 aromatic rings. The third-order valence-electron chi connectivity index (χ3n) is 4.78. The van der Waals surface area contributed by atoms with Gasteiger partial charge >= 0.3 is 0 Å². The second kappa shape index (κ2) is 11.2. The molecule has 0 saturated carbocycles. The minimum Gasteiger partial charge on any atom is -0.489 e. The van der Waals surface area contributed by atoms with Crippen molar-refractivity contribution in [3.8, 4) is 5.75 Å². The monoisotopic (exact) mass is 526 g/mol. The van der Waals surface area contributed by atoms with Crippen molar-refractivity contribution < 1.29 is 9.53 Å². The first-order valence-corrected chi connectivity index (χ1v) is 10.0. The summed E-state index contributed by atoms with van der Waals surface area (Å²) in [6.07, 6.45) is 3.51. The summed E-state index contributed by atoms with van der Waals surface area (Å²) < 4.78 is 7.73. The van der Waals surface area contributed by atoms with Gasteiger partial charge in [0.25, 0.3) is 0 Å². The summed E-state index contributed by atoms with van der Waals surface area (Å²) in [5.74, 6) is 1.66. The summed E-state index contributed by atoms with van der Waals surface area (Å²) in [5.41, 5.74) is 1.94. The average Bonchev–Trinajstić information content (AvgIpc) is 3.13. The van der Waals surface area contributed by atoms with E-state index in [-0.39, 0.29) is 42.5 Å². The number of piperazine rings is 1. The van der Waals surface area contributed by atoms with Gasteiger partial charge in [-0.25, -0.2) is 4.99 Å². The van der Waals surface area contributed by atoms with Crippen LogP contribution in [0.2, 0.25) is 0 Å². The molecule has 1 unspecified atom stereocenters. The first-order valence-electron chi connectivity index (χ1n) is 10.0. The van der Waals surface area contributed by atoms with Gasteiger partial charge in [-0.2, -0.15) is 5.10 Å². The number of amides is 1. The lowest BCUT2D eigenvalue weighted by atomic mass is 10.2. The Kier molecular flexibility index (Phi) is 8.94. The molecular weight excluding hydrogens is 495 g/mol. The highest BCUT2D eigenvalue weighted by atomic mass is 127. The first-order chi connectivity index (χ1) is 14.0. The zero-order valence-electron chi connectivity index (χ0n) is 18.0. The molecule has 1 saturated heterocycles. The van der Waals surface area contributed by atoms with E-state index in [2.05, 4.69) is 10.4 Å². The van der Waals surface area contributed by atoms with Gasteiger partial charge in [0.15, 0.2) is 5.96 Å². The molecule has 0 radical (unpaired) electrons. The number of para-hydroxylation sites is 1. The molecule has 164 valence electrons. The lowest BCUT2D eigenvalue weighted by Crippen LogP contribution is -2.55. The standard InChI is InChI=1S/C21H30N6O2.HI/c1-5-22-21(23-12-17(3)29-19-9-7-6-8-16(19)2)26-10-11-27(20(28)15-26)18-13-24-25(4)14-18;/h6-9,13-14,17H,5,10-12,15H2,1-4H3,(H,22,23);1H. The van der Waals surface area contributed by atoms with Gasteiger partial charge < -0.3 is 19.9 Å². The van der Waals surface area contributed by atoms with Crippen molar-refractivity contribution >= 4 is 41.5 Å². The molecule has 3 rings (SSSR count). The third kappa shape index (κ3) is 6.10. The number of carbonyl (C=O) groups is 1. The molecule has 1 aliphatic rings. The van der Waals surface area contributed by atoms with E-state index in [1.165, 1.54) is 0 Å². The van der Waals surface area contributed by atoms with Crippen molar-refractivity contribution in [1.29, 1.82) is 0 Å². The van der Waals surface area contributed by atoms with Gasteiger partial charge in [-0.15, -0.1) is 24.0 Å². The van der Waals surface area contributed by atoms with Crippen LogP contribution in [0, 0.1) is 6.92 Å². The Morgan fingerprint density at radius 1 is 1.33 bits per heavy atom. The predicted molar refractivity (Wildman–Crippen MR) is 130 cm³/mol. The molecule has 1 amide bonds. The van der Waals surface area contributed by atoms with Gasteiger partial charge in [0.1, 0.15) is 18.4 Å². The molecule has 1 aliphatic heterocycles. The van der Waals surface area contributed by atoms with E-state index in [9.17, 15) is 4.79 Å². The van der Waals surface area contributed by atoms with Crippen LogP contribution in [-0.2, 0) is 11.8 Å². The van der Waals surface area contributed by atoms with E-state index in [0.717, 1.165) is 29.5 Å². The predicted octanol–water partition coefficient (Wildman–Crippen LogP) is 2.43. The second-order valence-corrected chi connectivity index (χ2v) is 7.23. The summed E-state index contributed by atoms with van der Waals surface area (Å²) in [6.45, 7) is 8.90. The van der Waals surface area contributed by atoms with Crippen LogP contribution in [0.3, 0.4) is 0 Å². The molecule has 0 spiro atoms. The highest BCUT2D eigenvalue weighted by Gasteiger charge is 2.27. The van der Waals surface area contributed by atoms with E-state index in [4.69, 9.17) is 9.73 Å². The van der Waals surface area contributed by atoms with E-state index >= 15 is 0 Å². The number of hydrogen-bond acceptors (Lipinski definition) is 4. The molecule has 2 heterocycles. The molecule has 1 aromatic carbocycles. The number of halogens is 1. The Bertz CT molecular complexity index is 869. The fourth-order valence-electron chi connectivity index (χ4n) is 3.26. The van der Waals surface area contributed by atoms with Crippen LogP contribution < -0.4 is 15.0 Å². The van der Waals surface area contributed by atoms with Gasteiger partial charge in [0.05, 0.1) is 18.4 Å². The van der Waals surface area contributed by atoms with Crippen molar-refractivity contribution in [2.24, 2.45) is 12.0 Å². The van der Waals surface area contributed by atoms with Crippen LogP contribution in [0.4, 0.5) is 5.69 Å². The molecule has 1 fully saturated rings. The molecule has 8 nitrogen and oxygen atoms in total. The Morgan fingerprint density at radius 2 is 2.10 bits per heavy atom. The number of aliphatic imine (C=N–C) groups is 1. The minimum absolute atomic E-state index is 0. The van der Waals surface area contributed by atoms with Crippen molar-refractivity contribution in [2.75, 3.05) is 37.6 Å².